The van der Waals surface area contributed by atoms with E-state index in [2.05, 4.69) is 0 Å². The first kappa shape index (κ1) is 11.6. The van der Waals surface area contributed by atoms with Crippen LogP contribution >= 0.6 is 0 Å². The van der Waals surface area contributed by atoms with Gasteiger partial charge in [0.25, 0.3) is 0 Å². The third-order valence-electron chi connectivity index (χ3n) is 3.20. The molecule has 0 heterocycles. The number of aliphatic hydroxyl groups excluding tert-OH is 1. The Kier molecular flexibility index (Phi) is 2.57. The number of aliphatic hydroxyl groups is 1. The minimum Gasteiger partial charge on any atom is -0.394 e. The van der Waals surface area contributed by atoms with Crippen LogP contribution in [0.1, 0.15) is 11.5 Å². The Morgan fingerprint density at radius 1 is 1.38 bits per heavy atom. The van der Waals surface area contributed by atoms with E-state index < -0.39 is 20.6 Å². The number of hydrogen-bond acceptors (Lipinski definition) is 4. The van der Waals surface area contributed by atoms with Gasteiger partial charge in [-0.1, -0.05) is 30.3 Å². The molecule has 1 fully saturated rings. The molecule has 0 bridgehead atoms. The number of nitrogens with two attached hydrogens (primary N) is 1. The average Bonchev–Trinajstić information content (AvgIpc) is 2.87. The fourth-order valence-corrected chi connectivity index (χ4v) is 4.25. The van der Waals surface area contributed by atoms with Crippen molar-refractivity contribution < 1.29 is 13.5 Å². The molecular weight excluding hydrogens is 226 g/mol. The molecule has 3 N–H and O–H groups in total. The Bertz CT molecular complexity index is 485. The highest BCUT2D eigenvalue weighted by Crippen LogP contribution is 2.53. The third-order valence-corrected chi connectivity index (χ3v) is 4.83. The quantitative estimate of drug-likeness (QED) is 0.773. The monoisotopic (exact) mass is 241 g/mol. The summed E-state index contributed by atoms with van der Waals surface area (Å²) in [6.45, 7) is -0.315. The number of benzene rings is 1. The molecule has 0 unspecified atom stereocenters. The number of rotatable bonds is 3. The van der Waals surface area contributed by atoms with Crippen LogP contribution < -0.4 is 5.73 Å². The standard InChI is InChI=1S/C11H15NO3S/c1-16(14,15)10-9(11(10,12)7-13)8-5-3-2-4-6-8/h2-6,9-10,13H,7,12H2,1H3/t9-,10-,11+/m1/s1. The third kappa shape index (κ3) is 1.65. The van der Waals surface area contributed by atoms with Crippen molar-refractivity contribution in [3.63, 3.8) is 0 Å². The lowest BCUT2D eigenvalue weighted by molar-refractivity contribution is 0.253. The van der Waals surface area contributed by atoms with E-state index in [4.69, 9.17) is 5.73 Å². The lowest BCUT2D eigenvalue weighted by atomic mass is 10.1. The molecule has 0 aliphatic heterocycles. The van der Waals surface area contributed by atoms with Gasteiger partial charge in [-0.3, -0.25) is 0 Å². The van der Waals surface area contributed by atoms with Crippen molar-refractivity contribution in [1.82, 2.24) is 0 Å². The van der Waals surface area contributed by atoms with Crippen LogP contribution in [0.15, 0.2) is 30.3 Å². The van der Waals surface area contributed by atoms with Gasteiger partial charge in [-0.15, -0.1) is 0 Å². The van der Waals surface area contributed by atoms with Crippen molar-refractivity contribution >= 4 is 9.84 Å². The van der Waals surface area contributed by atoms with E-state index in [0.29, 0.717) is 0 Å². The first-order chi connectivity index (χ1) is 7.41. The maximum absolute atomic E-state index is 11.6. The summed E-state index contributed by atoms with van der Waals surface area (Å²) in [5.41, 5.74) is 5.77. The molecule has 88 valence electrons. The molecule has 3 atom stereocenters. The van der Waals surface area contributed by atoms with Crippen molar-refractivity contribution in [3.05, 3.63) is 35.9 Å². The van der Waals surface area contributed by atoms with Crippen LogP contribution in [0.25, 0.3) is 0 Å². The first-order valence-corrected chi connectivity index (χ1v) is 7.00. The second-order valence-corrected chi connectivity index (χ2v) is 6.58. The van der Waals surface area contributed by atoms with Crippen molar-refractivity contribution in [3.8, 4) is 0 Å². The topological polar surface area (TPSA) is 80.4 Å². The first-order valence-electron chi connectivity index (χ1n) is 5.05. The molecule has 16 heavy (non-hydrogen) atoms. The van der Waals surface area contributed by atoms with Crippen molar-refractivity contribution in [2.45, 2.75) is 16.7 Å². The minimum atomic E-state index is -3.23. The van der Waals surface area contributed by atoms with Gasteiger partial charge in [0, 0.05) is 12.2 Å². The van der Waals surface area contributed by atoms with Crippen molar-refractivity contribution in [2.24, 2.45) is 5.73 Å². The predicted molar refractivity (Wildman–Crippen MR) is 61.8 cm³/mol. The Morgan fingerprint density at radius 2 is 1.94 bits per heavy atom. The zero-order valence-electron chi connectivity index (χ0n) is 9.00. The summed E-state index contributed by atoms with van der Waals surface area (Å²) in [5, 5.41) is 8.57. The maximum atomic E-state index is 11.6. The molecule has 4 nitrogen and oxygen atoms in total. The van der Waals surface area contributed by atoms with Gasteiger partial charge < -0.3 is 10.8 Å². The molecule has 1 saturated carbocycles. The summed E-state index contributed by atoms with van der Waals surface area (Å²) in [4.78, 5) is 0. The molecule has 1 aromatic carbocycles. The maximum Gasteiger partial charge on any atom is 0.152 e. The highest BCUT2D eigenvalue weighted by molar-refractivity contribution is 7.91. The second kappa shape index (κ2) is 3.55. The van der Waals surface area contributed by atoms with Gasteiger partial charge in [0.15, 0.2) is 9.84 Å². The summed E-state index contributed by atoms with van der Waals surface area (Å²) in [7, 11) is -3.23. The Hall–Kier alpha value is -0.910. The predicted octanol–water partition coefficient (Wildman–Crippen LogP) is -0.113. The van der Waals surface area contributed by atoms with Gasteiger partial charge >= 0.3 is 0 Å². The van der Waals surface area contributed by atoms with Gasteiger partial charge in [-0.05, 0) is 5.56 Å². The Balaban J connectivity index is 2.38. The van der Waals surface area contributed by atoms with Crippen LogP contribution in [0.3, 0.4) is 0 Å². The van der Waals surface area contributed by atoms with E-state index in [1.807, 2.05) is 30.3 Å². The zero-order chi connectivity index (χ0) is 12.0. The Morgan fingerprint density at radius 3 is 2.31 bits per heavy atom. The van der Waals surface area contributed by atoms with Crippen LogP contribution in [0.2, 0.25) is 0 Å². The molecule has 1 aromatic rings. The van der Waals surface area contributed by atoms with E-state index in [1.165, 1.54) is 0 Å². The van der Waals surface area contributed by atoms with E-state index in [-0.39, 0.29) is 12.5 Å². The molecule has 0 amide bonds. The molecule has 0 spiro atoms. The van der Waals surface area contributed by atoms with Gasteiger partial charge in [-0.25, -0.2) is 8.42 Å². The minimum absolute atomic E-state index is 0.298. The lowest BCUT2D eigenvalue weighted by Crippen LogP contribution is -2.34. The van der Waals surface area contributed by atoms with E-state index >= 15 is 0 Å². The van der Waals surface area contributed by atoms with E-state index in [9.17, 15) is 13.5 Å². The van der Waals surface area contributed by atoms with E-state index in [1.54, 1.807) is 0 Å². The lowest BCUT2D eigenvalue weighted by Gasteiger charge is -2.06. The summed E-state index contributed by atoms with van der Waals surface area (Å²) in [6, 6.07) is 9.22. The van der Waals surface area contributed by atoms with Crippen LogP contribution in [0, 0.1) is 0 Å². The highest BCUT2D eigenvalue weighted by atomic mass is 32.2. The Labute approximate surface area is 95.0 Å². The largest absolute Gasteiger partial charge is 0.394 e. The van der Waals surface area contributed by atoms with Crippen LogP contribution in [-0.2, 0) is 9.84 Å². The van der Waals surface area contributed by atoms with Crippen LogP contribution in [0.5, 0.6) is 0 Å². The van der Waals surface area contributed by atoms with Gasteiger partial charge in [-0.2, -0.15) is 0 Å². The summed E-state index contributed by atoms with van der Waals surface area (Å²) >= 11 is 0. The molecule has 1 aliphatic carbocycles. The summed E-state index contributed by atoms with van der Waals surface area (Å²) < 4.78 is 23.1. The fraction of sp³-hybridized carbons (Fsp3) is 0.455. The SMILES string of the molecule is CS(=O)(=O)[C@@H]1[C@@H](c2ccccc2)[C@@]1(N)CO. The van der Waals surface area contributed by atoms with Gasteiger partial charge in [0.05, 0.1) is 17.4 Å². The van der Waals surface area contributed by atoms with Crippen molar-refractivity contribution in [1.29, 1.82) is 0 Å². The van der Waals surface area contributed by atoms with Gasteiger partial charge in [0.2, 0.25) is 0 Å². The molecule has 5 heteroatoms. The molecule has 0 aromatic heterocycles. The van der Waals surface area contributed by atoms with Crippen LogP contribution in [-0.4, -0.2) is 37.2 Å². The van der Waals surface area contributed by atoms with E-state index in [0.717, 1.165) is 11.8 Å². The molecule has 0 saturated heterocycles. The summed E-state index contributed by atoms with van der Waals surface area (Å²) in [6.07, 6.45) is 1.16. The number of sulfone groups is 1. The highest BCUT2D eigenvalue weighted by Gasteiger charge is 2.67. The number of hydrogen-bond donors (Lipinski definition) is 2. The van der Waals surface area contributed by atoms with Crippen LogP contribution in [0.4, 0.5) is 0 Å². The molecule has 2 rings (SSSR count). The van der Waals surface area contributed by atoms with Crippen molar-refractivity contribution in [2.75, 3.05) is 12.9 Å². The molecule has 1 aliphatic rings. The zero-order valence-corrected chi connectivity index (χ0v) is 9.81. The summed E-state index contributed by atoms with van der Waals surface area (Å²) in [5.74, 6) is -0.298. The average molecular weight is 241 g/mol. The molecular formula is C11H15NO3S. The second-order valence-electron chi connectivity index (χ2n) is 4.41. The van der Waals surface area contributed by atoms with Gasteiger partial charge in [0.1, 0.15) is 0 Å². The normalized spacial score (nSPS) is 33.7. The smallest absolute Gasteiger partial charge is 0.152 e. The molecule has 0 radical (unpaired) electrons. The fourth-order valence-electron chi connectivity index (χ4n) is 2.40.